The molecular formula is C23H30FN5O. The molecule has 3 heterocycles. The summed E-state index contributed by atoms with van der Waals surface area (Å²) >= 11 is 0. The van der Waals surface area contributed by atoms with Gasteiger partial charge in [-0.05, 0) is 63.0 Å². The lowest BCUT2D eigenvalue weighted by Gasteiger charge is -2.32. The molecule has 4 rings (SSSR count). The molecule has 0 atom stereocenters. The minimum atomic E-state index is -0.283. The van der Waals surface area contributed by atoms with Crippen molar-refractivity contribution < 1.29 is 9.18 Å². The first-order valence-corrected chi connectivity index (χ1v) is 11.0. The van der Waals surface area contributed by atoms with Crippen molar-refractivity contribution in [2.45, 2.75) is 32.1 Å². The van der Waals surface area contributed by atoms with Crippen molar-refractivity contribution in [1.29, 1.82) is 0 Å². The van der Waals surface area contributed by atoms with Gasteiger partial charge in [0.05, 0.1) is 5.69 Å². The van der Waals surface area contributed by atoms with E-state index in [1.54, 1.807) is 6.07 Å². The number of nitrogens with one attached hydrogen (secondary N) is 1. The molecule has 0 unspecified atom stereocenters. The van der Waals surface area contributed by atoms with Crippen LogP contribution < -0.4 is 10.2 Å². The molecule has 0 aliphatic carbocycles. The van der Waals surface area contributed by atoms with Gasteiger partial charge < -0.3 is 15.1 Å². The Morgan fingerprint density at radius 3 is 2.53 bits per heavy atom. The third-order valence-corrected chi connectivity index (χ3v) is 6.14. The number of aromatic nitrogens is 2. The molecule has 2 aliphatic heterocycles. The van der Waals surface area contributed by atoms with Crippen LogP contribution in [0.3, 0.4) is 0 Å². The van der Waals surface area contributed by atoms with Crippen LogP contribution in [0.4, 0.5) is 10.2 Å². The topological polar surface area (TPSA) is 61.4 Å². The Kier molecular flexibility index (Phi) is 6.89. The summed E-state index contributed by atoms with van der Waals surface area (Å²) < 4.78 is 13.4. The second-order valence-corrected chi connectivity index (χ2v) is 8.24. The molecule has 7 heteroatoms. The van der Waals surface area contributed by atoms with E-state index in [-0.39, 0.29) is 17.6 Å². The number of likely N-dealkylation sites (tertiary alicyclic amines) is 1. The van der Waals surface area contributed by atoms with Crippen LogP contribution in [0, 0.1) is 11.7 Å². The average Bonchev–Trinajstić information content (AvgIpc) is 2.80. The summed E-state index contributed by atoms with van der Waals surface area (Å²) in [7, 11) is 0. The Hall–Kier alpha value is -2.54. The molecule has 0 radical (unpaired) electrons. The third kappa shape index (κ3) is 5.33. The van der Waals surface area contributed by atoms with Crippen molar-refractivity contribution in [3.63, 3.8) is 0 Å². The van der Waals surface area contributed by atoms with E-state index in [9.17, 15) is 9.18 Å². The van der Waals surface area contributed by atoms with Crippen LogP contribution >= 0.6 is 0 Å². The van der Waals surface area contributed by atoms with Crippen LogP contribution in [0.15, 0.2) is 36.4 Å². The van der Waals surface area contributed by atoms with Gasteiger partial charge in [0.2, 0.25) is 5.91 Å². The first-order valence-electron chi connectivity index (χ1n) is 11.0. The Labute approximate surface area is 177 Å². The molecule has 2 fully saturated rings. The zero-order valence-electron chi connectivity index (χ0n) is 17.4. The van der Waals surface area contributed by atoms with Crippen LogP contribution in [0.1, 0.15) is 32.1 Å². The van der Waals surface area contributed by atoms with Gasteiger partial charge in [-0.3, -0.25) is 4.79 Å². The van der Waals surface area contributed by atoms with Crippen molar-refractivity contribution in [1.82, 2.24) is 20.4 Å². The summed E-state index contributed by atoms with van der Waals surface area (Å²) in [4.78, 5) is 17.1. The van der Waals surface area contributed by atoms with Gasteiger partial charge >= 0.3 is 0 Å². The molecule has 0 bridgehead atoms. The molecule has 30 heavy (non-hydrogen) atoms. The first kappa shape index (κ1) is 20.7. The highest BCUT2D eigenvalue weighted by Gasteiger charge is 2.25. The highest BCUT2D eigenvalue weighted by atomic mass is 19.1. The van der Waals surface area contributed by atoms with E-state index < -0.39 is 0 Å². The highest BCUT2D eigenvalue weighted by molar-refractivity contribution is 5.79. The van der Waals surface area contributed by atoms with E-state index in [0.29, 0.717) is 11.3 Å². The predicted octanol–water partition coefficient (Wildman–Crippen LogP) is 3.10. The number of carbonyl (C=O) groups is 1. The minimum Gasteiger partial charge on any atom is -0.355 e. The van der Waals surface area contributed by atoms with E-state index in [2.05, 4.69) is 25.3 Å². The van der Waals surface area contributed by atoms with E-state index >= 15 is 0 Å². The van der Waals surface area contributed by atoms with Crippen molar-refractivity contribution in [2.75, 3.05) is 44.2 Å². The van der Waals surface area contributed by atoms with Crippen LogP contribution in [0.5, 0.6) is 0 Å². The number of rotatable bonds is 6. The molecule has 1 aromatic heterocycles. The lowest BCUT2D eigenvalue weighted by molar-refractivity contribution is -0.125. The first-order chi connectivity index (χ1) is 14.7. The zero-order chi connectivity index (χ0) is 20.8. The minimum absolute atomic E-state index is 0.0714. The maximum absolute atomic E-state index is 13.4. The molecule has 1 aromatic carbocycles. The standard InChI is InChI=1S/C23H30FN5O/c24-20-6-4-5-19(17-20)21-7-8-22(27-26-21)29-14-9-18(10-15-29)23(30)25-11-16-28-12-2-1-3-13-28/h4-8,17-18H,1-3,9-16H2,(H,25,30). The van der Waals surface area contributed by atoms with Gasteiger partial charge in [0.25, 0.3) is 0 Å². The monoisotopic (exact) mass is 411 g/mol. The molecule has 0 spiro atoms. The Morgan fingerprint density at radius 2 is 1.83 bits per heavy atom. The number of anilines is 1. The van der Waals surface area contributed by atoms with Crippen molar-refractivity contribution in [3.8, 4) is 11.3 Å². The summed E-state index contributed by atoms with van der Waals surface area (Å²) in [5.74, 6) is 0.773. The van der Waals surface area contributed by atoms with Gasteiger partial charge in [0.15, 0.2) is 5.82 Å². The number of piperidine rings is 2. The van der Waals surface area contributed by atoms with Crippen molar-refractivity contribution in [2.24, 2.45) is 5.92 Å². The number of hydrogen-bond acceptors (Lipinski definition) is 5. The van der Waals surface area contributed by atoms with Gasteiger partial charge in [0, 0.05) is 37.7 Å². The molecule has 160 valence electrons. The fraction of sp³-hybridized carbons (Fsp3) is 0.522. The molecular weight excluding hydrogens is 381 g/mol. The van der Waals surface area contributed by atoms with E-state index in [0.717, 1.165) is 57.9 Å². The highest BCUT2D eigenvalue weighted by Crippen LogP contribution is 2.24. The van der Waals surface area contributed by atoms with Crippen molar-refractivity contribution >= 4 is 11.7 Å². The Morgan fingerprint density at radius 1 is 1.03 bits per heavy atom. The maximum Gasteiger partial charge on any atom is 0.223 e. The SMILES string of the molecule is O=C(NCCN1CCCCC1)C1CCN(c2ccc(-c3cccc(F)c3)nn2)CC1. The molecule has 2 aliphatic rings. The second-order valence-electron chi connectivity index (χ2n) is 8.24. The van der Waals surface area contributed by atoms with Crippen LogP contribution in [0.2, 0.25) is 0 Å². The van der Waals surface area contributed by atoms with E-state index in [1.165, 1.54) is 31.4 Å². The number of halogens is 1. The van der Waals surface area contributed by atoms with Gasteiger partial charge in [-0.25, -0.2) is 4.39 Å². The van der Waals surface area contributed by atoms with Gasteiger partial charge in [-0.15, -0.1) is 10.2 Å². The molecule has 6 nitrogen and oxygen atoms in total. The Bertz CT molecular complexity index is 830. The quantitative estimate of drug-likeness (QED) is 0.792. The predicted molar refractivity (Wildman–Crippen MR) is 116 cm³/mol. The molecule has 2 saturated heterocycles. The number of amides is 1. The molecule has 2 aromatic rings. The molecule has 1 amide bonds. The van der Waals surface area contributed by atoms with Gasteiger partial charge in [-0.1, -0.05) is 18.6 Å². The Balaban J connectivity index is 1.23. The normalized spacial score (nSPS) is 18.4. The maximum atomic E-state index is 13.4. The fourth-order valence-electron chi connectivity index (χ4n) is 4.33. The van der Waals surface area contributed by atoms with Gasteiger partial charge in [-0.2, -0.15) is 0 Å². The lowest BCUT2D eigenvalue weighted by atomic mass is 9.96. The number of hydrogen-bond donors (Lipinski definition) is 1. The van der Waals surface area contributed by atoms with Crippen LogP contribution in [-0.2, 0) is 4.79 Å². The van der Waals surface area contributed by atoms with Crippen LogP contribution in [-0.4, -0.2) is 60.3 Å². The third-order valence-electron chi connectivity index (χ3n) is 6.14. The summed E-state index contributed by atoms with van der Waals surface area (Å²) in [6, 6.07) is 10.2. The summed E-state index contributed by atoms with van der Waals surface area (Å²) in [6.45, 7) is 5.60. The van der Waals surface area contributed by atoms with Crippen molar-refractivity contribution in [3.05, 3.63) is 42.2 Å². The number of benzene rings is 1. The molecule has 1 N–H and O–H groups in total. The summed E-state index contributed by atoms with van der Waals surface area (Å²) in [6.07, 6.45) is 5.53. The smallest absolute Gasteiger partial charge is 0.223 e. The largest absolute Gasteiger partial charge is 0.355 e. The number of carbonyl (C=O) groups excluding carboxylic acids is 1. The van der Waals surface area contributed by atoms with Crippen LogP contribution in [0.25, 0.3) is 11.3 Å². The van der Waals surface area contributed by atoms with Gasteiger partial charge in [0.1, 0.15) is 5.82 Å². The van der Waals surface area contributed by atoms with E-state index in [1.807, 2.05) is 18.2 Å². The summed E-state index contributed by atoms with van der Waals surface area (Å²) in [5.41, 5.74) is 1.37. The average molecular weight is 412 g/mol. The van der Waals surface area contributed by atoms with E-state index in [4.69, 9.17) is 0 Å². The number of nitrogens with zero attached hydrogens (tertiary/aromatic N) is 4. The zero-order valence-corrected chi connectivity index (χ0v) is 17.4. The lowest BCUT2D eigenvalue weighted by Crippen LogP contribution is -2.43. The second kappa shape index (κ2) is 9.98. The fourth-order valence-corrected chi connectivity index (χ4v) is 4.33. The summed E-state index contributed by atoms with van der Waals surface area (Å²) in [5, 5.41) is 11.7. The molecule has 0 saturated carbocycles.